The van der Waals surface area contributed by atoms with Crippen molar-refractivity contribution in [1.29, 1.82) is 0 Å². The molecule has 0 bridgehead atoms. The highest BCUT2D eigenvalue weighted by molar-refractivity contribution is 8.06. The van der Waals surface area contributed by atoms with Crippen LogP contribution in [0.4, 0.5) is 0 Å². The summed E-state index contributed by atoms with van der Waals surface area (Å²) in [5, 5.41) is 6.01. The average Bonchev–Trinajstić information content (AvgIpc) is 2.79. The zero-order valence-electron chi connectivity index (χ0n) is 11.5. The molecule has 1 aliphatic rings. The van der Waals surface area contributed by atoms with Gasteiger partial charge in [-0.25, -0.2) is 4.98 Å². The van der Waals surface area contributed by atoms with Crippen LogP contribution in [-0.2, 0) is 0 Å². The molecule has 1 aromatic rings. The summed E-state index contributed by atoms with van der Waals surface area (Å²) in [7, 11) is 2.02. The van der Waals surface area contributed by atoms with E-state index in [9.17, 15) is 0 Å². The van der Waals surface area contributed by atoms with Gasteiger partial charge in [-0.2, -0.15) is 11.8 Å². The summed E-state index contributed by atoms with van der Waals surface area (Å²) in [5.41, 5.74) is 1.21. The third-order valence-electron chi connectivity index (χ3n) is 3.37. The van der Waals surface area contributed by atoms with Gasteiger partial charge in [-0.05, 0) is 27.3 Å². The summed E-state index contributed by atoms with van der Waals surface area (Å²) >= 11 is 6.13. The largest absolute Gasteiger partial charge is 0.312 e. The second-order valence-electron chi connectivity index (χ2n) is 4.62. The molecule has 1 fully saturated rings. The molecule has 18 heavy (non-hydrogen) atoms. The minimum Gasteiger partial charge on any atom is -0.312 e. The fourth-order valence-corrected chi connectivity index (χ4v) is 6.77. The Hall–Kier alpha value is 0.290. The average molecular weight is 303 g/mol. The highest BCUT2D eigenvalue weighted by Gasteiger charge is 2.29. The molecule has 1 aromatic heterocycles. The predicted molar refractivity (Wildman–Crippen MR) is 86.1 cm³/mol. The van der Waals surface area contributed by atoms with Gasteiger partial charge < -0.3 is 5.32 Å². The first-order chi connectivity index (χ1) is 8.67. The fraction of sp³-hybridized carbons (Fsp3) is 0.769. The molecule has 0 spiro atoms. The first-order valence-corrected chi connectivity index (χ1v) is 9.46. The minimum atomic E-state index is 0.414. The molecule has 102 valence electrons. The van der Waals surface area contributed by atoms with Gasteiger partial charge in [0.25, 0.3) is 0 Å². The van der Waals surface area contributed by atoms with Crippen molar-refractivity contribution >= 4 is 34.9 Å². The van der Waals surface area contributed by atoms with Gasteiger partial charge in [-0.1, -0.05) is 6.92 Å². The van der Waals surface area contributed by atoms with E-state index in [1.165, 1.54) is 33.5 Å². The van der Waals surface area contributed by atoms with Crippen molar-refractivity contribution in [2.45, 2.75) is 43.7 Å². The molecule has 3 atom stereocenters. The molecule has 0 aromatic carbocycles. The molecule has 1 saturated heterocycles. The van der Waals surface area contributed by atoms with Crippen LogP contribution in [0.1, 0.15) is 47.1 Å². The van der Waals surface area contributed by atoms with Gasteiger partial charge in [0.05, 0.1) is 10.9 Å². The van der Waals surface area contributed by atoms with Crippen LogP contribution >= 0.6 is 34.9 Å². The lowest BCUT2D eigenvalue weighted by Crippen LogP contribution is -2.18. The molecule has 2 nitrogen and oxygen atoms in total. The Labute approximate surface area is 123 Å². The Morgan fingerprint density at radius 1 is 1.39 bits per heavy atom. The maximum atomic E-state index is 4.85. The topological polar surface area (TPSA) is 24.9 Å². The van der Waals surface area contributed by atoms with E-state index in [0.29, 0.717) is 11.3 Å². The quantitative estimate of drug-likeness (QED) is 0.907. The molecule has 0 radical (unpaired) electrons. The van der Waals surface area contributed by atoms with E-state index >= 15 is 0 Å². The van der Waals surface area contributed by atoms with Gasteiger partial charge in [0.1, 0.15) is 5.01 Å². The van der Waals surface area contributed by atoms with E-state index in [4.69, 9.17) is 4.98 Å². The molecule has 3 unspecified atom stereocenters. The van der Waals surface area contributed by atoms with Gasteiger partial charge in [-0.15, -0.1) is 23.1 Å². The first kappa shape index (κ1) is 14.7. The third-order valence-corrected chi connectivity index (χ3v) is 8.20. The number of hydrogen-bond donors (Lipinski definition) is 1. The molecule has 0 saturated carbocycles. The van der Waals surface area contributed by atoms with Crippen molar-refractivity contribution in [3.8, 4) is 0 Å². The summed E-state index contributed by atoms with van der Waals surface area (Å²) in [6.07, 6.45) is 1.25. The van der Waals surface area contributed by atoms with Crippen LogP contribution in [0.3, 0.4) is 0 Å². The Balaban J connectivity index is 2.22. The van der Waals surface area contributed by atoms with Gasteiger partial charge >= 0.3 is 0 Å². The highest BCUT2D eigenvalue weighted by atomic mass is 32.2. The normalized spacial score (nSPS) is 26.2. The summed E-state index contributed by atoms with van der Waals surface area (Å²) < 4.78 is 0. The van der Waals surface area contributed by atoms with Crippen LogP contribution < -0.4 is 5.32 Å². The molecular formula is C13H22N2S3. The lowest BCUT2D eigenvalue weighted by atomic mass is 10.2. The smallest absolute Gasteiger partial charge is 0.107 e. The van der Waals surface area contributed by atoms with Crippen molar-refractivity contribution in [3.63, 3.8) is 0 Å². The highest BCUT2D eigenvalue weighted by Crippen LogP contribution is 2.46. The number of aryl methyl sites for hydroxylation is 1. The van der Waals surface area contributed by atoms with Crippen molar-refractivity contribution in [3.05, 3.63) is 15.6 Å². The monoisotopic (exact) mass is 302 g/mol. The van der Waals surface area contributed by atoms with Crippen LogP contribution in [-0.4, -0.2) is 28.8 Å². The first-order valence-electron chi connectivity index (χ1n) is 6.55. The molecule has 1 aliphatic heterocycles. The molecule has 0 amide bonds. The van der Waals surface area contributed by atoms with E-state index in [-0.39, 0.29) is 0 Å². The van der Waals surface area contributed by atoms with E-state index in [2.05, 4.69) is 49.6 Å². The fourth-order valence-electron chi connectivity index (χ4n) is 2.22. The third kappa shape index (κ3) is 3.06. The van der Waals surface area contributed by atoms with E-state index in [1.807, 2.05) is 18.4 Å². The lowest BCUT2D eigenvalue weighted by molar-refractivity contribution is 0.658. The second-order valence-corrected chi connectivity index (χ2v) is 8.28. The maximum Gasteiger partial charge on any atom is 0.107 e. The number of nitrogens with zero attached hydrogens (tertiary/aromatic N) is 1. The van der Waals surface area contributed by atoms with Crippen molar-refractivity contribution in [1.82, 2.24) is 10.3 Å². The number of nitrogens with one attached hydrogen (secondary N) is 1. The van der Waals surface area contributed by atoms with Crippen LogP contribution in [0.25, 0.3) is 0 Å². The van der Waals surface area contributed by atoms with E-state index < -0.39 is 0 Å². The molecule has 5 heteroatoms. The Morgan fingerprint density at radius 3 is 2.78 bits per heavy atom. The SMILES string of the molecule is CCC1SCCSC1c1nc(C)c(C(C)NC)s1. The van der Waals surface area contributed by atoms with Crippen LogP contribution in [0.5, 0.6) is 0 Å². The number of thioether (sulfide) groups is 2. The van der Waals surface area contributed by atoms with Crippen LogP contribution in [0, 0.1) is 6.92 Å². The Kier molecular flexibility index (Phi) is 5.42. The van der Waals surface area contributed by atoms with Crippen LogP contribution in [0.15, 0.2) is 0 Å². The zero-order chi connectivity index (χ0) is 13.1. The zero-order valence-corrected chi connectivity index (χ0v) is 14.0. The number of hydrogen-bond acceptors (Lipinski definition) is 5. The number of rotatable bonds is 4. The predicted octanol–water partition coefficient (Wildman–Crippen LogP) is 4.03. The summed E-state index contributed by atoms with van der Waals surface area (Å²) in [6.45, 7) is 6.66. The molecule has 1 N–H and O–H groups in total. The van der Waals surface area contributed by atoms with Crippen LogP contribution in [0.2, 0.25) is 0 Å². The van der Waals surface area contributed by atoms with Gasteiger partial charge in [0.15, 0.2) is 0 Å². The summed E-state index contributed by atoms with van der Waals surface area (Å²) in [4.78, 5) is 6.25. The number of thiazole rings is 1. The van der Waals surface area contributed by atoms with Crippen molar-refractivity contribution in [2.75, 3.05) is 18.6 Å². The van der Waals surface area contributed by atoms with Crippen molar-refractivity contribution in [2.24, 2.45) is 0 Å². The van der Waals surface area contributed by atoms with E-state index in [1.54, 1.807) is 0 Å². The molecule has 0 aliphatic carbocycles. The maximum absolute atomic E-state index is 4.85. The summed E-state index contributed by atoms with van der Waals surface area (Å²) in [6, 6.07) is 0.414. The number of aromatic nitrogens is 1. The standard InChI is InChI=1S/C13H22N2S3/c1-5-10-12(17-7-6-16-10)13-15-9(3)11(18-13)8(2)14-4/h8,10,12,14H,5-7H2,1-4H3. The van der Waals surface area contributed by atoms with Gasteiger partial charge in [0, 0.05) is 27.7 Å². The van der Waals surface area contributed by atoms with Gasteiger partial charge in [0.2, 0.25) is 0 Å². The van der Waals surface area contributed by atoms with E-state index in [0.717, 1.165) is 5.25 Å². The lowest BCUT2D eigenvalue weighted by Gasteiger charge is -2.28. The molecule has 2 heterocycles. The minimum absolute atomic E-state index is 0.414. The Morgan fingerprint density at radius 2 is 2.11 bits per heavy atom. The molecular weight excluding hydrogens is 280 g/mol. The second kappa shape index (κ2) is 6.64. The van der Waals surface area contributed by atoms with Crippen molar-refractivity contribution < 1.29 is 0 Å². The molecule has 2 rings (SSSR count). The van der Waals surface area contributed by atoms with Gasteiger partial charge in [-0.3, -0.25) is 0 Å². The summed E-state index contributed by atoms with van der Waals surface area (Å²) in [5.74, 6) is 2.56. The Bertz CT molecular complexity index is 392.